The van der Waals surface area contributed by atoms with Crippen LogP contribution in [0.25, 0.3) is 0 Å². The maximum atomic E-state index is 12.5. The molecule has 0 aromatic carbocycles. The molecule has 1 spiro atoms. The second-order valence-corrected chi connectivity index (χ2v) is 9.28. The molecule has 4 heterocycles. The van der Waals surface area contributed by atoms with Gasteiger partial charge in [0.1, 0.15) is 5.82 Å². The average molecular weight is 415 g/mol. The van der Waals surface area contributed by atoms with E-state index < -0.39 is 0 Å². The number of carbonyl (C=O) groups excluding carboxylic acids is 1. The average Bonchev–Trinajstić information content (AvgIpc) is 3.50. The van der Waals surface area contributed by atoms with E-state index in [1.54, 1.807) is 12.4 Å². The lowest BCUT2D eigenvalue weighted by Gasteiger charge is -2.45. The zero-order chi connectivity index (χ0) is 19.7. The molecule has 1 atom stereocenters. The van der Waals surface area contributed by atoms with Gasteiger partial charge in [-0.25, -0.2) is 4.98 Å². The number of amides is 1. The van der Waals surface area contributed by atoms with Gasteiger partial charge in [-0.05, 0) is 61.4 Å². The Kier molecular flexibility index (Phi) is 5.17. The van der Waals surface area contributed by atoms with Gasteiger partial charge in [0.05, 0.1) is 23.8 Å². The normalized spacial score (nSPS) is 23.9. The smallest absolute Gasteiger partial charge is 0.273 e. The monoisotopic (exact) mass is 414 g/mol. The number of ether oxygens (including phenoxy) is 1. The molecule has 2 aromatic heterocycles. The molecule has 8 nitrogen and oxygen atoms in total. The van der Waals surface area contributed by atoms with Crippen molar-refractivity contribution in [2.75, 3.05) is 31.1 Å². The summed E-state index contributed by atoms with van der Waals surface area (Å²) in [5, 5.41) is 7.06. The van der Waals surface area contributed by atoms with Crippen molar-refractivity contribution < 1.29 is 9.53 Å². The summed E-state index contributed by atoms with van der Waals surface area (Å²) in [6, 6.07) is 0. The quantitative estimate of drug-likeness (QED) is 0.803. The third kappa shape index (κ3) is 4.11. The predicted molar refractivity (Wildman–Crippen MR) is 109 cm³/mol. The van der Waals surface area contributed by atoms with Crippen LogP contribution in [0.4, 0.5) is 5.82 Å². The fourth-order valence-corrected chi connectivity index (χ4v) is 5.21. The number of aromatic nitrogens is 4. The molecule has 5 rings (SSSR count). The predicted octanol–water partition coefficient (Wildman–Crippen LogP) is 2.40. The highest BCUT2D eigenvalue weighted by Gasteiger charge is 2.39. The van der Waals surface area contributed by atoms with Gasteiger partial charge in [0, 0.05) is 32.0 Å². The number of hydrogen-bond acceptors (Lipinski definition) is 8. The first kappa shape index (κ1) is 18.9. The Morgan fingerprint density at radius 3 is 2.79 bits per heavy atom. The summed E-state index contributed by atoms with van der Waals surface area (Å²) < 4.78 is 10.1. The lowest BCUT2D eigenvalue weighted by molar-refractivity contribution is -0.0700. The molecule has 3 aliphatic rings. The van der Waals surface area contributed by atoms with Crippen molar-refractivity contribution in [3.63, 3.8) is 0 Å². The summed E-state index contributed by atoms with van der Waals surface area (Å²) in [6.45, 7) is 3.30. The first-order valence-corrected chi connectivity index (χ1v) is 11.2. The molecule has 1 amide bonds. The second kappa shape index (κ2) is 7.95. The summed E-state index contributed by atoms with van der Waals surface area (Å²) in [7, 11) is 0. The van der Waals surface area contributed by atoms with Crippen LogP contribution >= 0.6 is 11.5 Å². The number of nitrogens with zero attached hydrogens (tertiary/aromatic N) is 5. The zero-order valence-corrected chi connectivity index (χ0v) is 17.2. The van der Waals surface area contributed by atoms with Gasteiger partial charge in [0.15, 0.2) is 5.69 Å². The Labute approximate surface area is 174 Å². The van der Waals surface area contributed by atoms with Gasteiger partial charge in [0.25, 0.3) is 5.91 Å². The van der Waals surface area contributed by atoms with Gasteiger partial charge in [0.2, 0.25) is 0 Å². The van der Waals surface area contributed by atoms with Crippen LogP contribution in [0.3, 0.4) is 0 Å². The zero-order valence-electron chi connectivity index (χ0n) is 16.4. The summed E-state index contributed by atoms with van der Waals surface area (Å²) >= 11 is 1.36. The van der Waals surface area contributed by atoms with Gasteiger partial charge in [-0.2, -0.15) is 0 Å². The highest BCUT2D eigenvalue weighted by Crippen LogP contribution is 2.43. The van der Waals surface area contributed by atoms with E-state index in [9.17, 15) is 4.79 Å². The molecular formula is C20H26N6O2S. The van der Waals surface area contributed by atoms with Crippen molar-refractivity contribution in [2.24, 2.45) is 5.41 Å². The third-order valence-corrected chi connectivity index (χ3v) is 7.37. The van der Waals surface area contributed by atoms with E-state index in [0.29, 0.717) is 18.2 Å². The number of hydrogen-bond donors (Lipinski definition) is 1. The Bertz CT molecular complexity index is 838. The van der Waals surface area contributed by atoms with Crippen LogP contribution in [0.5, 0.6) is 0 Å². The standard InChI is InChI=1S/C20H26N6O2S/c27-19(17-18(14-1-2-14)29-25-24-17)23-11-15-3-4-20(13-28-15)5-9-26(10-6-20)16-12-21-7-8-22-16/h7-8,12,14-15H,1-6,9-11,13H2,(H,23,27). The van der Waals surface area contributed by atoms with Crippen LogP contribution in [-0.4, -0.2) is 57.8 Å². The van der Waals surface area contributed by atoms with Gasteiger partial charge < -0.3 is 15.0 Å². The van der Waals surface area contributed by atoms with Crippen LogP contribution < -0.4 is 10.2 Å². The molecule has 1 N–H and O–H groups in total. The van der Waals surface area contributed by atoms with E-state index >= 15 is 0 Å². The first-order chi connectivity index (χ1) is 14.2. The molecule has 29 heavy (non-hydrogen) atoms. The van der Waals surface area contributed by atoms with Crippen molar-refractivity contribution in [3.8, 4) is 0 Å². The molecule has 1 aliphatic carbocycles. The Morgan fingerprint density at radius 2 is 2.10 bits per heavy atom. The van der Waals surface area contributed by atoms with E-state index in [2.05, 4.69) is 29.8 Å². The maximum Gasteiger partial charge on any atom is 0.273 e. The van der Waals surface area contributed by atoms with E-state index in [0.717, 1.165) is 68.9 Å². The Morgan fingerprint density at radius 1 is 1.24 bits per heavy atom. The van der Waals surface area contributed by atoms with E-state index in [1.165, 1.54) is 11.5 Å². The lowest BCUT2D eigenvalue weighted by atomic mass is 9.73. The van der Waals surface area contributed by atoms with E-state index in [1.807, 2.05) is 6.20 Å². The number of carbonyl (C=O) groups is 1. The van der Waals surface area contributed by atoms with Crippen LogP contribution in [0.15, 0.2) is 18.6 Å². The molecular weight excluding hydrogens is 388 g/mol. The third-order valence-electron chi connectivity index (χ3n) is 6.49. The molecule has 2 aliphatic heterocycles. The fourth-order valence-electron chi connectivity index (χ4n) is 4.40. The fraction of sp³-hybridized carbons (Fsp3) is 0.650. The molecule has 2 aromatic rings. The molecule has 2 saturated heterocycles. The highest BCUT2D eigenvalue weighted by molar-refractivity contribution is 7.06. The first-order valence-electron chi connectivity index (χ1n) is 10.5. The number of anilines is 1. The summed E-state index contributed by atoms with van der Waals surface area (Å²) in [6.07, 6.45) is 12.0. The van der Waals surface area contributed by atoms with Crippen LogP contribution in [-0.2, 0) is 4.74 Å². The van der Waals surface area contributed by atoms with Crippen LogP contribution in [0, 0.1) is 5.41 Å². The largest absolute Gasteiger partial charge is 0.376 e. The minimum atomic E-state index is -0.109. The van der Waals surface area contributed by atoms with Crippen molar-refractivity contribution in [1.82, 2.24) is 24.9 Å². The Balaban J connectivity index is 1.09. The molecule has 3 fully saturated rings. The summed E-state index contributed by atoms with van der Waals surface area (Å²) in [5.74, 6) is 1.35. The van der Waals surface area contributed by atoms with Gasteiger partial charge in [-0.15, -0.1) is 5.10 Å². The molecule has 1 saturated carbocycles. The van der Waals surface area contributed by atoms with Crippen molar-refractivity contribution in [1.29, 1.82) is 0 Å². The van der Waals surface area contributed by atoms with E-state index in [-0.39, 0.29) is 17.4 Å². The molecule has 154 valence electrons. The van der Waals surface area contributed by atoms with Crippen molar-refractivity contribution in [2.45, 2.75) is 50.5 Å². The van der Waals surface area contributed by atoms with Crippen LogP contribution in [0.1, 0.15) is 59.8 Å². The summed E-state index contributed by atoms with van der Waals surface area (Å²) in [4.78, 5) is 24.4. The number of rotatable bonds is 5. The lowest BCUT2D eigenvalue weighted by Crippen LogP contribution is -2.47. The molecule has 1 unspecified atom stereocenters. The minimum absolute atomic E-state index is 0.0820. The number of nitrogens with one attached hydrogen (secondary N) is 1. The number of piperidine rings is 1. The second-order valence-electron chi connectivity index (χ2n) is 8.49. The molecule has 0 radical (unpaired) electrons. The molecule has 0 bridgehead atoms. The topological polar surface area (TPSA) is 93.1 Å². The Hall–Kier alpha value is -2.13. The van der Waals surface area contributed by atoms with Gasteiger partial charge in [-0.3, -0.25) is 9.78 Å². The molecule has 9 heteroatoms. The van der Waals surface area contributed by atoms with Crippen molar-refractivity contribution in [3.05, 3.63) is 29.2 Å². The van der Waals surface area contributed by atoms with Crippen LogP contribution in [0.2, 0.25) is 0 Å². The van der Waals surface area contributed by atoms with Gasteiger partial charge in [-0.1, -0.05) is 4.49 Å². The van der Waals surface area contributed by atoms with Crippen molar-refractivity contribution >= 4 is 23.3 Å². The van der Waals surface area contributed by atoms with E-state index in [4.69, 9.17) is 4.74 Å². The van der Waals surface area contributed by atoms with Gasteiger partial charge >= 0.3 is 0 Å². The SMILES string of the molecule is O=C(NCC1CCC2(CCN(c3cnccn3)CC2)CO1)c1nnsc1C1CC1. The summed E-state index contributed by atoms with van der Waals surface area (Å²) in [5.41, 5.74) is 0.776. The highest BCUT2D eigenvalue weighted by atomic mass is 32.1. The minimum Gasteiger partial charge on any atom is -0.376 e. The maximum absolute atomic E-state index is 12.5.